The first-order valence-corrected chi connectivity index (χ1v) is 6.37. The van der Waals surface area contributed by atoms with Crippen molar-refractivity contribution in [3.8, 4) is 0 Å². The second-order valence-electron chi connectivity index (χ2n) is 3.67. The molecule has 0 spiro atoms. The third-order valence-corrected chi connectivity index (χ3v) is 3.17. The largest absolute Gasteiger partial charge is 0.314 e. The lowest BCUT2D eigenvalue weighted by Gasteiger charge is -2.10. The van der Waals surface area contributed by atoms with E-state index < -0.39 is 11.1 Å². The SMILES string of the molecule is O=S(O)CCCCNC1CCCC1. The summed E-state index contributed by atoms with van der Waals surface area (Å²) in [4.78, 5) is 0. The number of hydrogen-bond acceptors (Lipinski definition) is 2. The van der Waals surface area contributed by atoms with Gasteiger partial charge in [-0.05, 0) is 32.2 Å². The Morgan fingerprint density at radius 2 is 2.00 bits per heavy atom. The fraction of sp³-hybridized carbons (Fsp3) is 1.00. The van der Waals surface area contributed by atoms with Gasteiger partial charge >= 0.3 is 0 Å². The van der Waals surface area contributed by atoms with E-state index in [0.717, 1.165) is 25.4 Å². The highest BCUT2D eigenvalue weighted by Gasteiger charge is 2.12. The first kappa shape index (κ1) is 11.1. The highest BCUT2D eigenvalue weighted by molar-refractivity contribution is 7.79. The van der Waals surface area contributed by atoms with E-state index >= 15 is 0 Å². The smallest absolute Gasteiger partial charge is 0.152 e. The highest BCUT2D eigenvalue weighted by atomic mass is 32.2. The lowest BCUT2D eigenvalue weighted by Crippen LogP contribution is -2.27. The van der Waals surface area contributed by atoms with Gasteiger partial charge in [0.25, 0.3) is 0 Å². The molecule has 0 aromatic carbocycles. The van der Waals surface area contributed by atoms with Crippen molar-refractivity contribution < 1.29 is 8.76 Å². The molecule has 1 rings (SSSR count). The van der Waals surface area contributed by atoms with Gasteiger partial charge in [-0.25, -0.2) is 4.21 Å². The van der Waals surface area contributed by atoms with Crippen LogP contribution in [-0.2, 0) is 11.1 Å². The minimum absolute atomic E-state index is 0.423. The summed E-state index contributed by atoms with van der Waals surface area (Å²) < 4.78 is 18.8. The van der Waals surface area contributed by atoms with E-state index in [2.05, 4.69) is 5.32 Å². The standard InChI is InChI=1S/C9H19NO2S/c11-13(12)8-4-3-7-10-9-5-1-2-6-9/h9-10H,1-8H2,(H,11,12). The van der Waals surface area contributed by atoms with Crippen molar-refractivity contribution in [1.82, 2.24) is 5.32 Å². The lowest BCUT2D eigenvalue weighted by molar-refractivity contribution is 0.510. The summed E-state index contributed by atoms with van der Waals surface area (Å²) in [6, 6.07) is 0.722. The predicted octanol–water partition coefficient (Wildman–Crippen LogP) is 1.52. The van der Waals surface area contributed by atoms with Crippen LogP contribution in [-0.4, -0.2) is 27.1 Å². The van der Waals surface area contributed by atoms with E-state index in [1.165, 1.54) is 25.7 Å². The maximum Gasteiger partial charge on any atom is 0.152 e. The number of rotatable bonds is 6. The Labute approximate surface area is 82.6 Å². The van der Waals surface area contributed by atoms with Crippen molar-refractivity contribution in [3.05, 3.63) is 0 Å². The molecule has 1 saturated carbocycles. The monoisotopic (exact) mass is 205 g/mol. The Morgan fingerprint density at radius 3 is 2.62 bits per heavy atom. The molecule has 1 atom stereocenters. The first-order chi connectivity index (χ1) is 6.29. The first-order valence-electron chi connectivity index (χ1n) is 5.10. The Hall–Kier alpha value is 0.0700. The number of nitrogens with one attached hydrogen (secondary N) is 1. The van der Waals surface area contributed by atoms with Crippen LogP contribution in [0.1, 0.15) is 38.5 Å². The minimum Gasteiger partial charge on any atom is -0.314 e. The van der Waals surface area contributed by atoms with Gasteiger partial charge in [0, 0.05) is 11.8 Å². The lowest BCUT2D eigenvalue weighted by atomic mass is 10.2. The minimum atomic E-state index is -1.60. The molecule has 0 aromatic rings. The van der Waals surface area contributed by atoms with Gasteiger partial charge in [0.1, 0.15) is 0 Å². The van der Waals surface area contributed by atoms with Crippen LogP contribution >= 0.6 is 0 Å². The molecule has 1 unspecified atom stereocenters. The molecule has 0 amide bonds. The van der Waals surface area contributed by atoms with Gasteiger partial charge < -0.3 is 9.87 Å². The van der Waals surface area contributed by atoms with Crippen LogP contribution in [0.4, 0.5) is 0 Å². The quantitative estimate of drug-likeness (QED) is 0.510. The molecule has 0 aliphatic heterocycles. The van der Waals surface area contributed by atoms with Crippen LogP contribution in [0.5, 0.6) is 0 Å². The molecule has 2 N–H and O–H groups in total. The summed E-state index contributed by atoms with van der Waals surface area (Å²) in [7, 11) is 0. The van der Waals surface area contributed by atoms with Crippen molar-refractivity contribution in [2.24, 2.45) is 0 Å². The molecule has 0 aromatic heterocycles. The van der Waals surface area contributed by atoms with Gasteiger partial charge in [-0.15, -0.1) is 0 Å². The molecule has 4 heteroatoms. The van der Waals surface area contributed by atoms with Crippen LogP contribution in [0.3, 0.4) is 0 Å². The molecular weight excluding hydrogens is 186 g/mol. The average Bonchev–Trinajstić information content (AvgIpc) is 2.55. The van der Waals surface area contributed by atoms with E-state index in [-0.39, 0.29) is 0 Å². The van der Waals surface area contributed by atoms with Crippen molar-refractivity contribution in [3.63, 3.8) is 0 Å². The number of unbranched alkanes of at least 4 members (excludes halogenated alkanes) is 1. The van der Waals surface area contributed by atoms with E-state index in [1.54, 1.807) is 0 Å². The molecule has 0 saturated heterocycles. The molecule has 3 nitrogen and oxygen atoms in total. The summed E-state index contributed by atoms with van der Waals surface area (Å²) >= 11 is -1.60. The Bertz CT molecular complexity index is 158. The third-order valence-electron chi connectivity index (χ3n) is 2.53. The molecule has 0 heterocycles. The fourth-order valence-corrected chi connectivity index (χ4v) is 2.24. The summed E-state index contributed by atoms with van der Waals surface area (Å²) in [5.74, 6) is 0.423. The molecule has 78 valence electrons. The predicted molar refractivity (Wildman–Crippen MR) is 55.1 cm³/mol. The maximum atomic E-state index is 10.3. The summed E-state index contributed by atoms with van der Waals surface area (Å²) in [6.07, 6.45) is 7.21. The van der Waals surface area contributed by atoms with Crippen molar-refractivity contribution in [2.75, 3.05) is 12.3 Å². The Kier molecular flexibility index (Phi) is 5.58. The fourth-order valence-electron chi connectivity index (χ4n) is 1.79. The zero-order valence-corrected chi connectivity index (χ0v) is 8.81. The molecule has 1 fully saturated rings. The van der Waals surface area contributed by atoms with Crippen LogP contribution in [0.25, 0.3) is 0 Å². The van der Waals surface area contributed by atoms with E-state index in [1.807, 2.05) is 0 Å². The molecule has 13 heavy (non-hydrogen) atoms. The normalized spacial score (nSPS) is 20.7. The van der Waals surface area contributed by atoms with Gasteiger partial charge in [0.05, 0.1) is 0 Å². The zero-order chi connectivity index (χ0) is 9.52. The van der Waals surface area contributed by atoms with Crippen molar-refractivity contribution in [2.45, 2.75) is 44.6 Å². The van der Waals surface area contributed by atoms with Gasteiger partial charge in [0.15, 0.2) is 11.1 Å². The molecule has 1 aliphatic carbocycles. The van der Waals surface area contributed by atoms with E-state index in [9.17, 15) is 4.21 Å². The second-order valence-corrected chi connectivity index (χ2v) is 4.72. The second kappa shape index (κ2) is 6.51. The average molecular weight is 205 g/mol. The zero-order valence-electron chi connectivity index (χ0n) is 8.00. The third kappa shape index (κ3) is 5.39. The van der Waals surface area contributed by atoms with Crippen molar-refractivity contribution in [1.29, 1.82) is 0 Å². The molecule has 1 aliphatic rings. The number of hydrogen-bond donors (Lipinski definition) is 2. The van der Waals surface area contributed by atoms with Crippen LogP contribution in [0.2, 0.25) is 0 Å². The van der Waals surface area contributed by atoms with Gasteiger partial charge in [-0.2, -0.15) is 0 Å². The molecular formula is C9H19NO2S. The van der Waals surface area contributed by atoms with E-state index in [4.69, 9.17) is 4.55 Å². The van der Waals surface area contributed by atoms with Gasteiger partial charge in [0.2, 0.25) is 0 Å². The molecule has 0 radical (unpaired) electrons. The van der Waals surface area contributed by atoms with Crippen LogP contribution in [0.15, 0.2) is 0 Å². The van der Waals surface area contributed by atoms with Crippen LogP contribution in [0, 0.1) is 0 Å². The van der Waals surface area contributed by atoms with E-state index in [0.29, 0.717) is 5.75 Å². The van der Waals surface area contributed by atoms with Gasteiger partial charge in [-0.1, -0.05) is 12.8 Å². The topological polar surface area (TPSA) is 49.3 Å². The van der Waals surface area contributed by atoms with Gasteiger partial charge in [-0.3, -0.25) is 0 Å². The summed E-state index contributed by atoms with van der Waals surface area (Å²) in [6.45, 7) is 1.00. The summed E-state index contributed by atoms with van der Waals surface area (Å²) in [5.41, 5.74) is 0. The Morgan fingerprint density at radius 1 is 1.31 bits per heavy atom. The van der Waals surface area contributed by atoms with Crippen LogP contribution < -0.4 is 5.32 Å². The summed E-state index contributed by atoms with van der Waals surface area (Å²) in [5, 5.41) is 3.47. The Balaban J connectivity index is 1.86. The van der Waals surface area contributed by atoms with Crippen molar-refractivity contribution >= 4 is 11.1 Å². The highest BCUT2D eigenvalue weighted by Crippen LogP contribution is 2.17. The molecule has 0 bridgehead atoms. The maximum absolute atomic E-state index is 10.3.